The van der Waals surface area contributed by atoms with Crippen molar-refractivity contribution in [2.75, 3.05) is 6.61 Å². The molecule has 1 saturated heterocycles. The number of hydrogen-bond donors (Lipinski definition) is 0. The van der Waals surface area contributed by atoms with Crippen molar-refractivity contribution in [2.45, 2.75) is 45.3 Å². The van der Waals surface area contributed by atoms with Gasteiger partial charge < -0.3 is 14.3 Å². The van der Waals surface area contributed by atoms with Crippen molar-refractivity contribution >= 4 is 12.3 Å². The Hall–Kier alpha value is -1.16. The lowest BCUT2D eigenvalue weighted by molar-refractivity contribution is -0.139. The summed E-state index contributed by atoms with van der Waals surface area (Å²) in [5.41, 5.74) is 0.584. The van der Waals surface area contributed by atoms with Crippen LogP contribution in [-0.2, 0) is 19.1 Å². The summed E-state index contributed by atoms with van der Waals surface area (Å²) in [6.45, 7) is 5.47. The van der Waals surface area contributed by atoms with Crippen LogP contribution in [0, 0.1) is 0 Å². The molecule has 90 valence electrons. The van der Waals surface area contributed by atoms with Gasteiger partial charge in [0.1, 0.15) is 12.2 Å². The number of aldehydes is 1. The third-order valence-corrected chi connectivity index (χ3v) is 2.73. The standard InChI is InChI=1S/C12H18O4/c1-9(6-7-15-10(2)14)4-5-11-12(3,8-13)16-11/h6,8,11H,4-5,7H2,1-3H3/b9-6+/t11-,12-/m0/s1. The predicted octanol–water partition coefficient (Wildman–Crippen LogP) is 1.63. The maximum atomic E-state index is 10.6. The van der Waals surface area contributed by atoms with Gasteiger partial charge >= 0.3 is 5.97 Å². The van der Waals surface area contributed by atoms with Gasteiger partial charge in [-0.15, -0.1) is 0 Å². The Morgan fingerprint density at radius 2 is 2.19 bits per heavy atom. The molecule has 0 amide bonds. The lowest BCUT2D eigenvalue weighted by Crippen LogP contribution is -2.10. The lowest BCUT2D eigenvalue weighted by Gasteiger charge is -2.01. The number of hydrogen-bond acceptors (Lipinski definition) is 4. The van der Waals surface area contributed by atoms with Crippen LogP contribution in [0.25, 0.3) is 0 Å². The van der Waals surface area contributed by atoms with E-state index in [1.807, 2.05) is 13.0 Å². The van der Waals surface area contributed by atoms with Crippen LogP contribution in [0.5, 0.6) is 0 Å². The first-order valence-electron chi connectivity index (χ1n) is 5.41. The second-order valence-corrected chi connectivity index (χ2v) is 4.30. The second kappa shape index (κ2) is 5.25. The molecular formula is C12H18O4. The van der Waals surface area contributed by atoms with Gasteiger partial charge in [0.25, 0.3) is 0 Å². The largest absolute Gasteiger partial charge is 0.462 e. The molecule has 4 nitrogen and oxygen atoms in total. The van der Waals surface area contributed by atoms with Gasteiger partial charge in [0, 0.05) is 6.92 Å². The molecule has 0 aliphatic carbocycles. The van der Waals surface area contributed by atoms with Crippen molar-refractivity contribution in [1.29, 1.82) is 0 Å². The van der Waals surface area contributed by atoms with Gasteiger partial charge in [0.2, 0.25) is 0 Å². The van der Waals surface area contributed by atoms with Gasteiger partial charge in [-0.3, -0.25) is 4.79 Å². The van der Waals surface area contributed by atoms with Gasteiger partial charge in [-0.25, -0.2) is 0 Å². The van der Waals surface area contributed by atoms with Gasteiger partial charge in [-0.05, 0) is 32.8 Å². The van der Waals surface area contributed by atoms with E-state index in [0.29, 0.717) is 6.61 Å². The third-order valence-electron chi connectivity index (χ3n) is 2.73. The molecule has 1 aliphatic heterocycles. The first-order valence-corrected chi connectivity index (χ1v) is 5.41. The number of carbonyl (C=O) groups is 2. The minimum atomic E-state index is -0.559. The molecule has 1 aliphatic rings. The Morgan fingerprint density at radius 3 is 2.69 bits per heavy atom. The molecule has 0 bridgehead atoms. The van der Waals surface area contributed by atoms with Crippen LogP contribution >= 0.6 is 0 Å². The zero-order chi connectivity index (χ0) is 12.2. The van der Waals surface area contributed by atoms with E-state index in [1.54, 1.807) is 6.92 Å². The molecule has 4 heteroatoms. The van der Waals surface area contributed by atoms with Gasteiger partial charge in [0.05, 0.1) is 6.10 Å². The molecule has 0 spiro atoms. The second-order valence-electron chi connectivity index (χ2n) is 4.30. The first-order chi connectivity index (χ1) is 7.48. The molecular weight excluding hydrogens is 208 g/mol. The predicted molar refractivity (Wildman–Crippen MR) is 59.0 cm³/mol. The number of allylic oxidation sites excluding steroid dienone is 1. The number of esters is 1. The number of epoxide rings is 1. The summed E-state index contributed by atoms with van der Waals surface area (Å²) < 4.78 is 10.1. The molecule has 1 rings (SSSR count). The van der Waals surface area contributed by atoms with Crippen molar-refractivity contribution in [3.05, 3.63) is 11.6 Å². The average molecular weight is 226 g/mol. The third kappa shape index (κ3) is 3.77. The fourth-order valence-electron chi connectivity index (χ4n) is 1.48. The molecule has 0 aromatic carbocycles. The highest BCUT2D eigenvalue weighted by Crippen LogP contribution is 2.37. The molecule has 1 fully saturated rings. The van der Waals surface area contributed by atoms with E-state index < -0.39 is 5.60 Å². The zero-order valence-electron chi connectivity index (χ0n) is 9.99. The van der Waals surface area contributed by atoms with Crippen molar-refractivity contribution < 1.29 is 19.1 Å². The minimum absolute atomic E-state index is 0.0436. The van der Waals surface area contributed by atoms with Crippen molar-refractivity contribution in [1.82, 2.24) is 0 Å². The summed E-state index contributed by atoms with van der Waals surface area (Å²) in [7, 11) is 0. The van der Waals surface area contributed by atoms with Crippen LogP contribution in [0.4, 0.5) is 0 Å². The summed E-state index contributed by atoms with van der Waals surface area (Å²) in [5.74, 6) is -0.275. The van der Waals surface area contributed by atoms with Crippen LogP contribution in [0.2, 0.25) is 0 Å². The van der Waals surface area contributed by atoms with E-state index in [1.165, 1.54) is 6.92 Å². The maximum Gasteiger partial charge on any atom is 0.302 e. The van der Waals surface area contributed by atoms with Crippen molar-refractivity contribution in [3.63, 3.8) is 0 Å². The van der Waals surface area contributed by atoms with E-state index in [0.717, 1.165) is 24.7 Å². The molecule has 0 unspecified atom stereocenters. The van der Waals surface area contributed by atoms with Gasteiger partial charge in [-0.2, -0.15) is 0 Å². The molecule has 0 radical (unpaired) electrons. The molecule has 0 aromatic heterocycles. The lowest BCUT2D eigenvalue weighted by atomic mass is 10.0. The van der Waals surface area contributed by atoms with Crippen LogP contribution in [0.3, 0.4) is 0 Å². The zero-order valence-corrected chi connectivity index (χ0v) is 9.99. The summed E-state index contributed by atoms with van der Waals surface area (Å²) in [4.78, 5) is 21.1. The van der Waals surface area contributed by atoms with Crippen LogP contribution in [0.1, 0.15) is 33.6 Å². The van der Waals surface area contributed by atoms with Crippen LogP contribution in [0.15, 0.2) is 11.6 Å². The Labute approximate surface area is 95.6 Å². The molecule has 1 heterocycles. The highest BCUT2D eigenvalue weighted by molar-refractivity contribution is 5.67. The molecule has 0 aromatic rings. The fraction of sp³-hybridized carbons (Fsp3) is 0.667. The Morgan fingerprint density at radius 1 is 1.50 bits per heavy atom. The first kappa shape index (κ1) is 12.9. The van der Waals surface area contributed by atoms with E-state index in [4.69, 9.17) is 9.47 Å². The monoisotopic (exact) mass is 226 g/mol. The number of rotatable bonds is 6. The van der Waals surface area contributed by atoms with Crippen LogP contribution in [-0.4, -0.2) is 30.6 Å². The highest BCUT2D eigenvalue weighted by Gasteiger charge is 2.51. The Kier molecular flexibility index (Phi) is 4.24. The Balaban J connectivity index is 2.18. The van der Waals surface area contributed by atoms with Crippen LogP contribution < -0.4 is 0 Å². The molecule has 16 heavy (non-hydrogen) atoms. The Bertz CT molecular complexity index is 308. The summed E-state index contributed by atoms with van der Waals surface area (Å²) in [5, 5.41) is 0. The summed E-state index contributed by atoms with van der Waals surface area (Å²) >= 11 is 0. The van der Waals surface area contributed by atoms with E-state index in [-0.39, 0.29) is 12.1 Å². The van der Waals surface area contributed by atoms with Gasteiger partial charge in [-0.1, -0.05) is 5.57 Å². The normalized spacial score (nSPS) is 28.7. The maximum absolute atomic E-state index is 10.6. The molecule has 0 N–H and O–H groups in total. The van der Waals surface area contributed by atoms with Crippen molar-refractivity contribution in [3.8, 4) is 0 Å². The topological polar surface area (TPSA) is 55.9 Å². The SMILES string of the molecule is CC(=O)OC/C=C(\C)CC[C@@H]1O[C@@]1(C)C=O. The molecule has 0 saturated carbocycles. The summed E-state index contributed by atoms with van der Waals surface area (Å²) in [6, 6.07) is 0. The smallest absolute Gasteiger partial charge is 0.302 e. The van der Waals surface area contributed by atoms with Gasteiger partial charge in [0.15, 0.2) is 6.29 Å². The van der Waals surface area contributed by atoms with E-state index >= 15 is 0 Å². The fourth-order valence-corrected chi connectivity index (χ4v) is 1.48. The van der Waals surface area contributed by atoms with E-state index in [9.17, 15) is 9.59 Å². The minimum Gasteiger partial charge on any atom is -0.462 e. The quantitative estimate of drug-likeness (QED) is 0.299. The molecule has 2 atom stereocenters. The number of ether oxygens (including phenoxy) is 2. The highest BCUT2D eigenvalue weighted by atomic mass is 16.6. The van der Waals surface area contributed by atoms with E-state index in [2.05, 4.69) is 0 Å². The summed E-state index contributed by atoms with van der Waals surface area (Å²) in [6.07, 6.45) is 4.46. The number of carbonyl (C=O) groups excluding carboxylic acids is 2. The van der Waals surface area contributed by atoms with Crippen molar-refractivity contribution in [2.24, 2.45) is 0 Å². The average Bonchev–Trinajstić information content (AvgIpc) is 2.87.